The summed E-state index contributed by atoms with van der Waals surface area (Å²) in [6.45, 7) is 29.0. The molecule has 150 heavy (non-hydrogen) atoms. The van der Waals surface area contributed by atoms with Crippen molar-refractivity contribution >= 4 is 183 Å². The van der Waals surface area contributed by atoms with Crippen molar-refractivity contribution in [3.05, 3.63) is 369 Å². The number of hydrogen-bond donors (Lipinski definition) is 9. The van der Waals surface area contributed by atoms with Crippen molar-refractivity contribution in [2.75, 3.05) is 44.6 Å². The van der Waals surface area contributed by atoms with E-state index in [1.807, 2.05) is 260 Å². The van der Waals surface area contributed by atoms with E-state index >= 15 is 0 Å². The molecule has 29 nitrogen and oxygen atoms in total. The van der Waals surface area contributed by atoms with Gasteiger partial charge < -0.3 is 63.3 Å². The van der Waals surface area contributed by atoms with Crippen LogP contribution < -0.4 is 146 Å². The van der Waals surface area contributed by atoms with E-state index in [2.05, 4.69) is 110 Å². The van der Waals surface area contributed by atoms with Crippen molar-refractivity contribution in [3.63, 3.8) is 0 Å². The third kappa shape index (κ3) is 32.6. The number of alkyl halides is 1. The average Bonchev–Trinajstić information content (AvgIpc) is 1.60. The molecule has 0 bridgehead atoms. The van der Waals surface area contributed by atoms with E-state index in [9.17, 15) is 38.4 Å². The van der Waals surface area contributed by atoms with Gasteiger partial charge in [0.15, 0.2) is 17.1 Å². The Morgan fingerprint density at radius 2 is 0.793 bits per heavy atom. The third-order valence-corrected chi connectivity index (χ3v) is 25.2. The van der Waals surface area contributed by atoms with Crippen LogP contribution in [-0.2, 0) is 68.9 Å². The van der Waals surface area contributed by atoms with Crippen molar-refractivity contribution in [2.45, 2.75) is 183 Å². The van der Waals surface area contributed by atoms with Crippen molar-refractivity contribution in [1.82, 2.24) is 44.2 Å². The average molecular weight is 2160 g/mol. The first-order valence-corrected chi connectivity index (χ1v) is 49.5. The van der Waals surface area contributed by atoms with Gasteiger partial charge in [0.1, 0.15) is 16.9 Å². The minimum atomic E-state index is -0.566. The second kappa shape index (κ2) is 55.6. The summed E-state index contributed by atoms with van der Waals surface area (Å²) in [5.74, 6) is 0.455. The molecular formula is C115H122Cl4K2N16O13. The first-order chi connectivity index (χ1) is 70.3. The van der Waals surface area contributed by atoms with E-state index in [1.54, 1.807) is 35.5 Å². The number of rotatable bonds is 19. The molecule has 6 heterocycles. The molecule has 0 saturated heterocycles. The number of amides is 6. The second-order valence-corrected chi connectivity index (χ2v) is 39.3. The number of H-pyrrole nitrogens is 2. The molecule has 0 radical (unpaired) electrons. The predicted octanol–water partition coefficient (Wildman–Crippen LogP) is 18.6. The number of anilines is 7. The number of hydrogen-bond acceptors (Lipinski definition) is 18. The smallest absolute Gasteiger partial charge is 1.00 e. The van der Waals surface area contributed by atoms with Crippen LogP contribution in [0.5, 0.6) is 0 Å². The number of fused-ring (bicyclic) bond motifs is 7. The number of aromatic amines is 2. The van der Waals surface area contributed by atoms with Gasteiger partial charge >= 0.3 is 115 Å². The molecule has 3 atom stereocenters. The van der Waals surface area contributed by atoms with Crippen molar-refractivity contribution in [2.24, 2.45) is 0 Å². The zero-order valence-electron chi connectivity index (χ0n) is 87.5. The van der Waals surface area contributed by atoms with Crippen LogP contribution in [-0.4, -0.2) is 115 Å². The van der Waals surface area contributed by atoms with Crippen LogP contribution in [0.2, 0.25) is 0 Å². The number of nitrogens with zero attached hydrogens (tertiary/aromatic N) is 7. The maximum Gasteiger partial charge on any atom is 1.00 e. The summed E-state index contributed by atoms with van der Waals surface area (Å²) in [6, 6.07) is 78.2. The Morgan fingerprint density at radius 1 is 0.460 bits per heavy atom. The van der Waals surface area contributed by atoms with Gasteiger partial charge in [-0.1, -0.05) is 161 Å². The number of nitrogens with one attached hydrogen (secondary N) is 7. The van der Waals surface area contributed by atoms with E-state index in [0.29, 0.717) is 102 Å². The Hall–Kier alpha value is -12.4. The third-order valence-electron chi connectivity index (χ3n) is 24.6. The summed E-state index contributed by atoms with van der Waals surface area (Å²) in [6.07, 6.45) is 9.56. The molecule has 1 aliphatic heterocycles. The van der Waals surface area contributed by atoms with Crippen LogP contribution in [0, 0.1) is 20.8 Å². The van der Waals surface area contributed by atoms with Gasteiger partial charge in [0.05, 0.1) is 31.9 Å². The number of carbonyl (C=O) groups is 9. The molecular weight excluding hydrogens is 2030 g/mol. The molecule has 11 N–H and O–H groups in total. The fourth-order valence-electron chi connectivity index (χ4n) is 18.3. The zero-order chi connectivity index (χ0) is 106. The summed E-state index contributed by atoms with van der Waals surface area (Å²) in [5, 5.41) is 45.4. The van der Waals surface area contributed by atoms with Gasteiger partial charge in [-0.15, -0.1) is 24.0 Å². The fraction of sp³-hybridized carbons (Fsp3) is 0.252. The van der Waals surface area contributed by atoms with Crippen LogP contribution in [0.15, 0.2) is 268 Å². The molecule has 0 spiro atoms. The predicted molar refractivity (Wildman–Crippen MR) is 589 cm³/mol. The summed E-state index contributed by atoms with van der Waals surface area (Å²) >= 11 is 15.7. The second-order valence-electron chi connectivity index (χ2n) is 38.3. The van der Waals surface area contributed by atoms with E-state index in [0.717, 1.165) is 161 Å². The minimum Gasteiger partial charge on any atom is -1.00 e. The largest absolute Gasteiger partial charge is 1.00 e. The SMILES string of the molecule is C=CC(=O)Cl.CC(C)(C)OC(=O)Nc1ccc2c(CCl)cccc2c1.Cc1cccc(NC(=O)c2nn(Cc3cccc4cc(N)ccc34)c3c2CCCC3C)c1.Cc1cccc(NC(=O)c2nn(Cc3cccc4cc(N)ccc34)c3c2CN(C(=O)c2ccc[nH]2)CC3C)c1.Cc1cccc(NC(=O)c2nn(Cc3cccc4cc(NC(=O)OC(C)(C)C)ccc34)c3c2CCCC3C)c1.Cl.O=C(Cl)c1ccc[nH]1.O=CO[O-].[H-].[K+].[K+]. The van der Waals surface area contributed by atoms with Gasteiger partial charge in [-0.25, -0.2) is 9.59 Å². The number of benzene rings is 11. The summed E-state index contributed by atoms with van der Waals surface area (Å²) in [4.78, 5) is 116. The number of carbonyl (C=O) groups excluding carboxylic acids is 9. The van der Waals surface area contributed by atoms with Crippen LogP contribution in [0.25, 0.3) is 43.1 Å². The minimum absolute atomic E-state index is 0. The Kier molecular flexibility index (Phi) is 44.3. The maximum atomic E-state index is 13.6. The van der Waals surface area contributed by atoms with Gasteiger partial charge in [0.2, 0.25) is 5.24 Å². The molecule has 770 valence electrons. The molecule has 35 heteroatoms. The van der Waals surface area contributed by atoms with Crippen LogP contribution in [0.1, 0.15) is 232 Å². The number of aryl methyl sites for hydroxylation is 3. The van der Waals surface area contributed by atoms with Crippen molar-refractivity contribution < 1.29 is 167 Å². The number of halogens is 4. The number of ether oxygens (including phenoxy) is 2. The van der Waals surface area contributed by atoms with Gasteiger partial charge in [-0.05, 0) is 333 Å². The quantitative estimate of drug-likeness (QED) is 0.00530. The molecule has 16 aromatic rings. The number of nitrogen functional groups attached to an aromatic ring is 2. The zero-order valence-corrected chi connectivity index (χ0v) is 95.8. The van der Waals surface area contributed by atoms with E-state index in [1.165, 1.54) is 16.6 Å². The number of aromatic nitrogens is 8. The standard InChI is InChI=1S/C32H36N4O3.C31H30N6O2.C27H28N4O.C16H18ClNO2.C5H4ClNO.C3H3ClO.CH2O3.ClH.2K.H/c1-20-9-6-13-24(17-20)33-30(37)28-27-14-7-10-21(2)29(27)36(35-28)19-23-12-8-11-22-18-25(15-16-26(22)23)34-31(38)39-32(3,4)5;1-19-6-3-9-24(14-19)34-30(38)28-26-18-36(31(39)27-10-5-13-33-27)16-20(2)29(26)37(35-28)17-22-8-4-7-21-15-23(32)11-12-25(21)22;1-17-6-3-10-22(14-17)29-27(32)25-24-11-4-7-18(2)26(24)31(30-25)16-20-9-5-8-19-15-21(28)12-13-23(19)20;1-16(2,3)20-15(19)18-13-7-8-14-11(9-13)5-4-6-12(14)10-17;6-5(8)4-2-1-3-7-4;1-2-3(4)5;2-1-4-3;;;;/h6,8-9,11-13,15-18,21H,7,10,14,19H2,1-5H3,(H,33,37)(H,34,38);3-15,20,33H,16-18,32H2,1-2H3,(H,34,38);3,5-6,8-10,12-15,18H,4,7,11,16,28H2,1-2H3,(H,29,32);4-9H,10H2,1-3H3,(H,18,19);1-3,7H;2H,1H2;1,3H;1H;;;/q;;;;;;;;2*+1;-1/p-1. The molecule has 0 fully saturated rings. The van der Waals surface area contributed by atoms with E-state index < -0.39 is 33.9 Å². The molecule has 3 unspecified atom stereocenters. The maximum absolute atomic E-state index is 13.6. The Morgan fingerprint density at radius 3 is 1.13 bits per heavy atom. The molecule has 6 amide bonds. The molecule has 11 aromatic carbocycles. The number of nitrogens with two attached hydrogens (primary N) is 2. The van der Waals surface area contributed by atoms with E-state index in [4.69, 9.17) is 81.1 Å². The van der Waals surface area contributed by atoms with Crippen molar-refractivity contribution in [3.8, 4) is 0 Å². The van der Waals surface area contributed by atoms with Crippen LogP contribution in [0.3, 0.4) is 0 Å². The summed E-state index contributed by atoms with van der Waals surface area (Å²) < 4.78 is 16.6. The van der Waals surface area contributed by atoms with Crippen LogP contribution in [0.4, 0.5) is 49.4 Å². The van der Waals surface area contributed by atoms with Gasteiger partial charge in [0.25, 0.3) is 35.3 Å². The first kappa shape index (κ1) is 119. The molecule has 19 rings (SSSR count). The Labute approximate surface area is 979 Å². The molecule has 2 aliphatic carbocycles. The Balaban J connectivity index is 0.000000214. The van der Waals surface area contributed by atoms with Crippen molar-refractivity contribution in [1.29, 1.82) is 0 Å². The van der Waals surface area contributed by atoms with Gasteiger partial charge in [-0.3, -0.25) is 58.2 Å². The molecule has 5 aromatic heterocycles. The monoisotopic (exact) mass is 2150 g/mol. The van der Waals surface area contributed by atoms with Crippen LogP contribution >= 0.6 is 47.2 Å². The summed E-state index contributed by atoms with van der Waals surface area (Å²) in [7, 11) is 0. The summed E-state index contributed by atoms with van der Waals surface area (Å²) in [5.41, 5.74) is 32.4. The molecule has 3 aliphatic rings. The number of allylic oxidation sites excluding steroid dienone is 1. The molecule has 0 saturated carbocycles. The van der Waals surface area contributed by atoms with E-state index in [-0.39, 0.29) is 153 Å². The first-order valence-electron chi connectivity index (χ1n) is 48.2. The van der Waals surface area contributed by atoms with Gasteiger partial charge in [-0.2, -0.15) is 15.3 Å². The Bertz CT molecular complexity index is 7510. The topological polar surface area (TPSA) is 405 Å². The normalized spacial score (nSPS) is 13.4. The van der Waals surface area contributed by atoms with Gasteiger partial charge in [0, 0.05) is 104 Å². The fourth-order valence-corrected chi connectivity index (χ4v) is 18.6.